The second-order valence-electron chi connectivity index (χ2n) is 6.06. The summed E-state index contributed by atoms with van der Waals surface area (Å²) in [7, 11) is -4.30. The zero-order chi connectivity index (χ0) is 22.8. The van der Waals surface area contributed by atoms with E-state index < -0.39 is 43.4 Å². The number of hydrogen-bond donors (Lipinski definition) is 2. The number of amides is 1. The number of nitrogens with one attached hydrogen (secondary N) is 2. The fourth-order valence-electron chi connectivity index (χ4n) is 2.42. The van der Waals surface area contributed by atoms with Crippen LogP contribution in [0.5, 0.6) is 0 Å². The number of furan rings is 1. The maximum absolute atomic E-state index is 12.8. The van der Waals surface area contributed by atoms with E-state index in [1.165, 1.54) is 24.3 Å². The molecule has 0 fully saturated rings. The summed E-state index contributed by atoms with van der Waals surface area (Å²) >= 11 is 0. The fraction of sp³-hybridized carbons (Fsp3) is 0.0556. The minimum atomic E-state index is -4.69. The predicted octanol–water partition coefficient (Wildman–Crippen LogP) is 4.26. The number of benzene rings is 2. The molecule has 13 heteroatoms. The summed E-state index contributed by atoms with van der Waals surface area (Å²) < 4.78 is 70.1. The number of rotatable bonds is 6. The Morgan fingerprint density at radius 3 is 2.23 bits per heavy atom. The second-order valence-corrected chi connectivity index (χ2v) is 7.74. The summed E-state index contributed by atoms with van der Waals surface area (Å²) in [6.45, 7) is 0. The van der Waals surface area contributed by atoms with Crippen LogP contribution < -0.4 is 10.0 Å². The van der Waals surface area contributed by atoms with E-state index in [1.54, 1.807) is 0 Å². The molecule has 0 aliphatic heterocycles. The first kappa shape index (κ1) is 21.8. The molecular formula is C18H12F3N3O6S. The van der Waals surface area contributed by atoms with Gasteiger partial charge < -0.3 is 9.73 Å². The third kappa shape index (κ3) is 5.19. The fourth-order valence-corrected chi connectivity index (χ4v) is 3.52. The number of sulfonamides is 1. The van der Waals surface area contributed by atoms with Crippen LogP contribution in [0.4, 0.5) is 30.4 Å². The molecule has 0 atom stereocenters. The van der Waals surface area contributed by atoms with Crippen molar-refractivity contribution in [2.75, 3.05) is 10.0 Å². The first-order valence-electron chi connectivity index (χ1n) is 8.31. The number of nitrogens with zero attached hydrogens (tertiary/aromatic N) is 1. The van der Waals surface area contributed by atoms with Crippen LogP contribution in [-0.4, -0.2) is 19.2 Å². The molecule has 162 valence electrons. The van der Waals surface area contributed by atoms with Crippen molar-refractivity contribution in [3.05, 3.63) is 82.1 Å². The van der Waals surface area contributed by atoms with E-state index in [4.69, 9.17) is 4.42 Å². The van der Waals surface area contributed by atoms with Crippen molar-refractivity contribution >= 4 is 33.2 Å². The maximum Gasteiger partial charge on any atom is 0.433 e. The van der Waals surface area contributed by atoms with Gasteiger partial charge in [-0.1, -0.05) is 6.07 Å². The Labute approximate surface area is 172 Å². The summed E-state index contributed by atoms with van der Waals surface area (Å²) in [5.74, 6) is -1.68. The first-order valence-corrected chi connectivity index (χ1v) is 9.80. The lowest BCUT2D eigenvalue weighted by atomic mass is 10.2. The number of carbonyl (C=O) groups excluding carboxylic acids is 1. The number of halogens is 3. The molecule has 3 aromatic rings. The molecule has 1 aromatic heterocycles. The molecule has 0 spiro atoms. The van der Waals surface area contributed by atoms with Crippen LogP contribution in [0.3, 0.4) is 0 Å². The highest BCUT2D eigenvalue weighted by Crippen LogP contribution is 2.31. The molecule has 2 aromatic carbocycles. The third-order valence-corrected chi connectivity index (χ3v) is 5.24. The zero-order valence-electron chi connectivity index (χ0n) is 15.2. The Hall–Kier alpha value is -3.87. The monoisotopic (exact) mass is 455 g/mol. The van der Waals surface area contributed by atoms with E-state index in [0.717, 1.165) is 30.3 Å². The standard InChI is InChI=1S/C18H12F3N3O6S/c19-18(20,21)11-2-1-3-14(10-11)31(28,29)23-13-6-4-12(5-7-13)22-17(25)15-8-9-16(30-15)24(26)27/h1-10,23H,(H,22,25). The van der Waals surface area contributed by atoms with Gasteiger partial charge in [-0.25, -0.2) is 8.42 Å². The van der Waals surface area contributed by atoms with Gasteiger partial charge >= 0.3 is 12.1 Å². The van der Waals surface area contributed by atoms with Crippen molar-refractivity contribution < 1.29 is 35.7 Å². The smallest absolute Gasteiger partial charge is 0.395 e. The molecule has 0 saturated heterocycles. The molecule has 31 heavy (non-hydrogen) atoms. The van der Waals surface area contributed by atoms with E-state index in [2.05, 4.69) is 10.0 Å². The lowest BCUT2D eigenvalue weighted by molar-refractivity contribution is -0.402. The van der Waals surface area contributed by atoms with Crippen LogP contribution >= 0.6 is 0 Å². The predicted molar refractivity (Wildman–Crippen MR) is 102 cm³/mol. The SMILES string of the molecule is O=C(Nc1ccc(NS(=O)(=O)c2cccc(C(F)(F)F)c2)cc1)c1ccc([N+](=O)[O-])o1. The number of carbonyl (C=O) groups is 1. The summed E-state index contributed by atoms with van der Waals surface area (Å²) in [4.78, 5) is 21.2. The molecule has 0 aliphatic carbocycles. The molecule has 0 bridgehead atoms. The van der Waals surface area contributed by atoms with Gasteiger partial charge in [0, 0.05) is 11.4 Å². The summed E-state index contributed by atoms with van der Waals surface area (Å²) in [6.07, 6.45) is -4.69. The summed E-state index contributed by atoms with van der Waals surface area (Å²) in [5.41, 5.74) is -0.860. The summed E-state index contributed by atoms with van der Waals surface area (Å²) in [6, 6.07) is 10.6. The van der Waals surface area contributed by atoms with Gasteiger partial charge in [0.05, 0.1) is 16.5 Å². The molecule has 1 amide bonds. The molecule has 3 rings (SSSR count). The molecular weight excluding hydrogens is 443 g/mol. The Morgan fingerprint density at radius 1 is 1.00 bits per heavy atom. The lowest BCUT2D eigenvalue weighted by Crippen LogP contribution is -2.15. The highest BCUT2D eigenvalue weighted by atomic mass is 32.2. The Morgan fingerprint density at radius 2 is 1.65 bits per heavy atom. The Bertz CT molecular complexity index is 1240. The Balaban J connectivity index is 1.71. The van der Waals surface area contributed by atoms with Crippen molar-refractivity contribution in [3.8, 4) is 0 Å². The highest BCUT2D eigenvalue weighted by molar-refractivity contribution is 7.92. The van der Waals surface area contributed by atoms with Crippen molar-refractivity contribution in [1.82, 2.24) is 0 Å². The molecule has 1 heterocycles. The van der Waals surface area contributed by atoms with Gasteiger partial charge in [-0.05, 0) is 48.5 Å². The van der Waals surface area contributed by atoms with Crippen molar-refractivity contribution in [2.45, 2.75) is 11.1 Å². The van der Waals surface area contributed by atoms with Crippen LogP contribution in [0.25, 0.3) is 0 Å². The van der Waals surface area contributed by atoms with Crippen molar-refractivity contribution in [2.24, 2.45) is 0 Å². The molecule has 0 radical (unpaired) electrons. The second kappa shape index (κ2) is 8.10. The molecule has 0 aliphatic rings. The minimum absolute atomic E-state index is 0.0315. The van der Waals surface area contributed by atoms with Crippen LogP contribution in [0, 0.1) is 10.1 Å². The maximum atomic E-state index is 12.8. The topological polar surface area (TPSA) is 132 Å². The van der Waals surface area contributed by atoms with Crippen LogP contribution in [-0.2, 0) is 16.2 Å². The van der Waals surface area contributed by atoms with Crippen molar-refractivity contribution in [3.63, 3.8) is 0 Å². The number of alkyl halides is 3. The van der Waals surface area contributed by atoms with Crippen LogP contribution in [0.2, 0.25) is 0 Å². The largest absolute Gasteiger partial charge is 0.433 e. The van der Waals surface area contributed by atoms with Crippen molar-refractivity contribution in [1.29, 1.82) is 0 Å². The van der Waals surface area contributed by atoms with Gasteiger partial charge in [0.15, 0.2) is 5.76 Å². The van der Waals surface area contributed by atoms with Crippen LogP contribution in [0.15, 0.2) is 70.0 Å². The van der Waals surface area contributed by atoms with E-state index in [0.29, 0.717) is 6.07 Å². The number of nitro groups is 1. The Kier molecular flexibility index (Phi) is 5.71. The molecule has 2 N–H and O–H groups in total. The van der Waals surface area contributed by atoms with Gasteiger partial charge in [0.2, 0.25) is 0 Å². The van der Waals surface area contributed by atoms with E-state index >= 15 is 0 Å². The van der Waals surface area contributed by atoms with E-state index in [-0.39, 0.29) is 17.1 Å². The van der Waals surface area contributed by atoms with Gasteiger partial charge in [-0.2, -0.15) is 13.2 Å². The zero-order valence-corrected chi connectivity index (χ0v) is 16.0. The summed E-state index contributed by atoms with van der Waals surface area (Å²) in [5, 5.41) is 13.0. The average molecular weight is 455 g/mol. The van der Waals surface area contributed by atoms with Gasteiger partial charge in [0.25, 0.3) is 15.9 Å². The lowest BCUT2D eigenvalue weighted by Gasteiger charge is -2.11. The number of hydrogen-bond acceptors (Lipinski definition) is 6. The van der Waals surface area contributed by atoms with E-state index in [1.807, 2.05) is 0 Å². The molecule has 0 saturated carbocycles. The van der Waals surface area contributed by atoms with Gasteiger partial charge in [0.1, 0.15) is 4.92 Å². The number of anilines is 2. The normalized spacial score (nSPS) is 11.7. The van der Waals surface area contributed by atoms with E-state index in [9.17, 15) is 36.5 Å². The van der Waals surface area contributed by atoms with Gasteiger partial charge in [-0.15, -0.1) is 0 Å². The highest BCUT2D eigenvalue weighted by Gasteiger charge is 2.31. The third-order valence-electron chi connectivity index (χ3n) is 3.86. The molecule has 9 nitrogen and oxygen atoms in total. The first-order chi connectivity index (χ1) is 14.5. The van der Waals surface area contributed by atoms with Gasteiger partial charge in [-0.3, -0.25) is 19.6 Å². The quantitative estimate of drug-likeness (QED) is 0.422. The molecule has 0 unspecified atom stereocenters. The average Bonchev–Trinajstić information content (AvgIpc) is 3.20. The minimum Gasteiger partial charge on any atom is -0.395 e. The van der Waals surface area contributed by atoms with Crippen LogP contribution in [0.1, 0.15) is 16.1 Å².